The predicted molar refractivity (Wildman–Crippen MR) is 134 cm³/mol. The maximum absolute atomic E-state index is 12.9. The van der Waals surface area contributed by atoms with E-state index in [1.807, 2.05) is 52.0 Å². The number of amides is 2. The first-order valence-corrected chi connectivity index (χ1v) is 11.2. The maximum Gasteiger partial charge on any atom is 0.410 e. The van der Waals surface area contributed by atoms with Crippen LogP contribution in [0.15, 0.2) is 53.9 Å². The Labute approximate surface area is 203 Å². The number of likely N-dealkylation sites (tertiary alicyclic amines) is 1. The number of carbonyl (C=O) groups excluding carboxylic acids is 2. The molecule has 0 saturated carbocycles. The highest BCUT2D eigenvalue weighted by molar-refractivity contribution is 6.09. The number of rotatable bonds is 5. The lowest BCUT2D eigenvalue weighted by Crippen LogP contribution is -2.56. The number of ether oxygens (including phenoxy) is 1. The molecule has 11 heteroatoms. The van der Waals surface area contributed by atoms with Crippen LogP contribution in [0.2, 0.25) is 0 Å². The number of pyridine rings is 1. The highest BCUT2D eigenvalue weighted by Gasteiger charge is 2.36. The van der Waals surface area contributed by atoms with Crippen molar-refractivity contribution in [3.05, 3.63) is 59.9 Å². The molecule has 4 rings (SSSR count). The standard InChI is InChI=1S/C24H30N8O3/c1-15-8-9-17(11-19(15)28-22(33)18-12-27-31-10-6-5-7-20(18)31)32(26)29-21(25)16-13-30(14-16)23(34)35-24(2,3)4/h5-12,16H,13-14,26H2,1-4H3,(H2,25,29)(H,28,33). The zero-order chi connectivity index (χ0) is 25.3. The van der Waals surface area contributed by atoms with Crippen molar-refractivity contribution < 1.29 is 14.3 Å². The summed E-state index contributed by atoms with van der Waals surface area (Å²) < 4.78 is 7.00. The van der Waals surface area contributed by atoms with Gasteiger partial charge < -0.3 is 20.7 Å². The smallest absolute Gasteiger partial charge is 0.410 e. The number of amidine groups is 1. The normalized spacial score (nSPS) is 14.5. The predicted octanol–water partition coefficient (Wildman–Crippen LogP) is 2.71. The van der Waals surface area contributed by atoms with Crippen LogP contribution in [-0.2, 0) is 4.74 Å². The molecular formula is C24H30N8O3. The highest BCUT2D eigenvalue weighted by atomic mass is 16.6. The number of anilines is 2. The Balaban J connectivity index is 1.42. The van der Waals surface area contributed by atoms with Crippen molar-refractivity contribution in [2.75, 3.05) is 23.5 Å². The summed E-state index contributed by atoms with van der Waals surface area (Å²) in [6.07, 6.45) is 2.93. The van der Waals surface area contributed by atoms with E-state index in [9.17, 15) is 9.59 Å². The number of hydrogen-bond donors (Lipinski definition) is 3. The molecule has 2 amide bonds. The molecular weight excluding hydrogens is 448 g/mol. The number of hydrazine groups is 1. The fraction of sp³-hybridized carbons (Fsp3) is 0.333. The molecule has 1 fully saturated rings. The first kappa shape index (κ1) is 24.0. The van der Waals surface area contributed by atoms with Crippen LogP contribution in [0.3, 0.4) is 0 Å². The number of nitrogens with one attached hydrogen (secondary N) is 1. The van der Waals surface area contributed by atoms with E-state index in [1.165, 1.54) is 6.20 Å². The third-order valence-electron chi connectivity index (χ3n) is 5.58. The van der Waals surface area contributed by atoms with E-state index in [4.69, 9.17) is 16.3 Å². The Morgan fingerprint density at radius 1 is 1.23 bits per heavy atom. The molecule has 35 heavy (non-hydrogen) atoms. The van der Waals surface area contributed by atoms with Crippen LogP contribution in [-0.4, -0.2) is 51.0 Å². The second-order valence-corrected chi connectivity index (χ2v) is 9.49. The van der Waals surface area contributed by atoms with Gasteiger partial charge in [0.15, 0.2) is 0 Å². The number of hydrogen-bond acceptors (Lipinski definition) is 7. The van der Waals surface area contributed by atoms with Gasteiger partial charge in [-0.3, -0.25) is 4.79 Å². The fourth-order valence-electron chi connectivity index (χ4n) is 3.59. The number of benzene rings is 1. The highest BCUT2D eigenvalue weighted by Crippen LogP contribution is 2.25. The number of hydrazone groups is 1. The van der Waals surface area contributed by atoms with Crippen LogP contribution >= 0.6 is 0 Å². The Morgan fingerprint density at radius 2 is 1.97 bits per heavy atom. The average molecular weight is 479 g/mol. The summed E-state index contributed by atoms with van der Waals surface area (Å²) in [5.74, 6) is 6.05. The monoisotopic (exact) mass is 478 g/mol. The molecule has 0 unspecified atom stereocenters. The van der Waals surface area contributed by atoms with E-state index in [0.717, 1.165) is 10.7 Å². The number of aromatic nitrogens is 2. The lowest BCUT2D eigenvalue weighted by Gasteiger charge is -2.39. The molecule has 11 nitrogen and oxygen atoms in total. The van der Waals surface area contributed by atoms with Gasteiger partial charge in [-0.15, -0.1) is 5.10 Å². The molecule has 0 aliphatic carbocycles. The molecule has 5 N–H and O–H groups in total. The molecule has 1 aliphatic heterocycles. The number of carbonyl (C=O) groups is 2. The van der Waals surface area contributed by atoms with Crippen molar-refractivity contribution in [1.82, 2.24) is 14.5 Å². The first-order valence-electron chi connectivity index (χ1n) is 11.2. The molecule has 184 valence electrons. The quantitative estimate of drug-likeness (QED) is 0.221. The Hall–Kier alpha value is -4.12. The van der Waals surface area contributed by atoms with E-state index in [-0.39, 0.29) is 17.9 Å². The Morgan fingerprint density at radius 3 is 2.69 bits per heavy atom. The van der Waals surface area contributed by atoms with Gasteiger partial charge in [0.1, 0.15) is 11.4 Å². The minimum Gasteiger partial charge on any atom is -0.444 e. The van der Waals surface area contributed by atoms with Crippen molar-refractivity contribution in [3.8, 4) is 0 Å². The molecule has 1 aromatic carbocycles. The van der Waals surface area contributed by atoms with Crippen LogP contribution in [0.1, 0.15) is 36.7 Å². The van der Waals surface area contributed by atoms with Gasteiger partial charge in [-0.2, -0.15) is 10.2 Å². The summed E-state index contributed by atoms with van der Waals surface area (Å²) >= 11 is 0. The number of nitrogens with two attached hydrogens (primary N) is 2. The van der Waals surface area contributed by atoms with Crippen LogP contribution in [0.4, 0.5) is 16.2 Å². The summed E-state index contributed by atoms with van der Waals surface area (Å²) in [4.78, 5) is 26.6. The van der Waals surface area contributed by atoms with Gasteiger partial charge in [0.2, 0.25) is 0 Å². The third kappa shape index (κ3) is 5.35. The minimum absolute atomic E-state index is 0.117. The van der Waals surface area contributed by atoms with Gasteiger partial charge in [-0.05, 0) is 57.5 Å². The fourth-order valence-corrected chi connectivity index (χ4v) is 3.59. The molecule has 0 spiro atoms. The van der Waals surface area contributed by atoms with Crippen molar-refractivity contribution in [1.29, 1.82) is 0 Å². The van der Waals surface area contributed by atoms with Gasteiger partial charge in [0.25, 0.3) is 5.91 Å². The van der Waals surface area contributed by atoms with Gasteiger partial charge in [-0.1, -0.05) is 12.1 Å². The topological polar surface area (TPSA) is 144 Å². The number of nitrogens with zero attached hydrogens (tertiary/aromatic N) is 5. The van der Waals surface area contributed by atoms with E-state index in [2.05, 4.69) is 15.5 Å². The van der Waals surface area contributed by atoms with Gasteiger partial charge in [0, 0.05) is 25.0 Å². The maximum atomic E-state index is 12.9. The summed E-state index contributed by atoms with van der Waals surface area (Å²) in [6.45, 7) is 8.16. The summed E-state index contributed by atoms with van der Waals surface area (Å²) in [7, 11) is 0. The molecule has 0 bridgehead atoms. The molecule has 0 radical (unpaired) electrons. The SMILES string of the molecule is Cc1ccc(N(N)/N=C(\N)C2CN(C(=O)OC(C)(C)C)C2)cc1NC(=O)c1cnn2ccccc12. The van der Waals surface area contributed by atoms with Crippen molar-refractivity contribution in [2.45, 2.75) is 33.3 Å². The molecule has 3 heterocycles. The van der Waals surface area contributed by atoms with Crippen molar-refractivity contribution in [3.63, 3.8) is 0 Å². The van der Waals surface area contributed by atoms with Gasteiger partial charge >= 0.3 is 6.09 Å². The van der Waals surface area contributed by atoms with E-state index in [0.29, 0.717) is 41.4 Å². The lowest BCUT2D eigenvalue weighted by atomic mass is 10.00. The van der Waals surface area contributed by atoms with Gasteiger partial charge in [-0.25, -0.2) is 15.2 Å². The average Bonchev–Trinajstić information content (AvgIpc) is 3.17. The molecule has 3 aromatic rings. The van der Waals surface area contributed by atoms with E-state index in [1.54, 1.807) is 27.7 Å². The van der Waals surface area contributed by atoms with E-state index >= 15 is 0 Å². The van der Waals surface area contributed by atoms with Crippen LogP contribution < -0.4 is 22.0 Å². The number of aryl methyl sites for hydroxylation is 1. The molecule has 2 aromatic heterocycles. The second kappa shape index (κ2) is 9.26. The first-order chi connectivity index (χ1) is 16.5. The van der Waals surface area contributed by atoms with Crippen molar-refractivity contribution in [2.24, 2.45) is 22.6 Å². The Bertz CT molecular complexity index is 1290. The van der Waals surface area contributed by atoms with Crippen LogP contribution in [0.5, 0.6) is 0 Å². The Kier molecular flexibility index (Phi) is 6.35. The van der Waals surface area contributed by atoms with Gasteiger partial charge in [0.05, 0.1) is 28.9 Å². The van der Waals surface area contributed by atoms with Crippen LogP contribution in [0, 0.1) is 12.8 Å². The zero-order valence-electron chi connectivity index (χ0n) is 20.2. The zero-order valence-corrected chi connectivity index (χ0v) is 20.2. The molecule has 1 saturated heterocycles. The molecule has 0 atom stereocenters. The summed E-state index contributed by atoms with van der Waals surface area (Å²) in [6, 6.07) is 10.9. The number of fused-ring (bicyclic) bond motifs is 1. The largest absolute Gasteiger partial charge is 0.444 e. The third-order valence-corrected chi connectivity index (χ3v) is 5.58. The molecule has 1 aliphatic rings. The second-order valence-electron chi connectivity index (χ2n) is 9.49. The minimum atomic E-state index is -0.556. The van der Waals surface area contributed by atoms with Crippen molar-refractivity contribution >= 4 is 34.7 Å². The lowest BCUT2D eigenvalue weighted by molar-refractivity contribution is 0.00681. The summed E-state index contributed by atoms with van der Waals surface area (Å²) in [5, 5.41) is 12.6. The van der Waals surface area contributed by atoms with Crippen LogP contribution in [0.25, 0.3) is 5.52 Å². The summed E-state index contributed by atoms with van der Waals surface area (Å²) in [5.41, 5.74) is 8.74. The van der Waals surface area contributed by atoms with E-state index < -0.39 is 5.60 Å².